The minimum absolute atomic E-state index is 0.137. The normalized spacial score (nSPS) is 14.8. The second-order valence-corrected chi connectivity index (χ2v) is 8.37. The molecule has 0 spiro atoms. The van der Waals surface area contributed by atoms with E-state index in [4.69, 9.17) is 14.2 Å². The van der Waals surface area contributed by atoms with Crippen molar-refractivity contribution in [2.24, 2.45) is 0 Å². The number of thiazole rings is 1. The maximum absolute atomic E-state index is 12.7. The minimum atomic E-state index is 0.137. The molecule has 1 saturated heterocycles. The van der Waals surface area contributed by atoms with E-state index in [0.717, 1.165) is 71.8 Å². The van der Waals surface area contributed by atoms with Crippen LogP contribution in [-0.4, -0.2) is 59.1 Å². The van der Waals surface area contributed by atoms with Gasteiger partial charge in [0.2, 0.25) is 5.91 Å². The van der Waals surface area contributed by atoms with Gasteiger partial charge in [0, 0.05) is 49.2 Å². The van der Waals surface area contributed by atoms with Gasteiger partial charge in [0.1, 0.15) is 16.5 Å². The Morgan fingerprint density at radius 2 is 2.03 bits per heavy atom. The summed E-state index contributed by atoms with van der Waals surface area (Å²) in [4.78, 5) is 21.7. The molecule has 0 radical (unpaired) electrons. The van der Waals surface area contributed by atoms with E-state index in [1.807, 2.05) is 36.9 Å². The van der Waals surface area contributed by atoms with E-state index in [0.29, 0.717) is 6.42 Å². The van der Waals surface area contributed by atoms with Gasteiger partial charge >= 0.3 is 0 Å². The number of piperazine rings is 1. The number of hydrogen-bond acceptors (Lipinski definition) is 7. The number of carbonyl (C=O) groups is 1. The molecule has 158 valence electrons. The first-order chi connectivity index (χ1) is 14.5. The molecule has 1 fully saturated rings. The van der Waals surface area contributed by atoms with Gasteiger partial charge in [-0.15, -0.1) is 11.3 Å². The Hall–Kier alpha value is -2.71. The van der Waals surface area contributed by atoms with Gasteiger partial charge < -0.3 is 14.2 Å². The summed E-state index contributed by atoms with van der Waals surface area (Å²) in [7, 11) is 1.67. The number of amides is 1. The van der Waals surface area contributed by atoms with Crippen molar-refractivity contribution in [2.45, 2.75) is 26.8 Å². The third-order valence-electron chi connectivity index (χ3n) is 5.49. The van der Waals surface area contributed by atoms with Crippen molar-refractivity contribution in [3.63, 3.8) is 0 Å². The standard InChI is InChI=1S/C22H26N4O3S/c1-15-20(16(2)29-24-15)12-21(27)26-9-7-25(8-10-26)13-18-14-30-22(23-18)17-5-4-6-19(11-17)28-3/h4-6,11,14H,7-10,12-13H2,1-3H3. The molecule has 0 N–H and O–H groups in total. The molecule has 3 aromatic rings. The predicted molar refractivity (Wildman–Crippen MR) is 116 cm³/mol. The van der Waals surface area contributed by atoms with E-state index < -0.39 is 0 Å². The lowest BCUT2D eigenvalue weighted by Gasteiger charge is -2.34. The molecule has 0 unspecified atom stereocenters. The number of nitrogens with zero attached hydrogens (tertiary/aromatic N) is 4. The molecule has 0 atom stereocenters. The zero-order valence-electron chi connectivity index (χ0n) is 17.6. The van der Waals surface area contributed by atoms with Crippen LogP contribution in [0.3, 0.4) is 0 Å². The van der Waals surface area contributed by atoms with E-state index in [-0.39, 0.29) is 5.91 Å². The monoisotopic (exact) mass is 426 g/mol. The van der Waals surface area contributed by atoms with Crippen molar-refractivity contribution in [1.82, 2.24) is 19.9 Å². The maximum atomic E-state index is 12.7. The number of hydrogen-bond donors (Lipinski definition) is 0. The molecular weight excluding hydrogens is 400 g/mol. The molecule has 8 heteroatoms. The molecule has 4 rings (SSSR count). The van der Waals surface area contributed by atoms with E-state index in [9.17, 15) is 4.79 Å². The highest BCUT2D eigenvalue weighted by Gasteiger charge is 2.23. The number of methoxy groups -OCH3 is 1. The number of rotatable bonds is 6. The zero-order chi connectivity index (χ0) is 21.1. The minimum Gasteiger partial charge on any atom is -0.497 e. The fraction of sp³-hybridized carbons (Fsp3) is 0.409. The van der Waals surface area contributed by atoms with Crippen molar-refractivity contribution in [2.75, 3.05) is 33.3 Å². The number of aryl methyl sites for hydroxylation is 2. The quantitative estimate of drug-likeness (QED) is 0.602. The van der Waals surface area contributed by atoms with Crippen molar-refractivity contribution >= 4 is 17.2 Å². The third kappa shape index (κ3) is 4.55. The van der Waals surface area contributed by atoms with Crippen LogP contribution in [0.25, 0.3) is 10.6 Å². The fourth-order valence-corrected chi connectivity index (χ4v) is 4.48. The van der Waals surface area contributed by atoms with Gasteiger partial charge in [0.25, 0.3) is 0 Å². The van der Waals surface area contributed by atoms with E-state index in [1.54, 1.807) is 18.4 Å². The van der Waals surface area contributed by atoms with Crippen LogP contribution in [0, 0.1) is 13.8 Å². The smallest absolute Gasteiger partial charge is 0.227 e. The summed E-state index contributed by atoms with van der Waals surface area (Å²) in [6.07, 6.45) is 0.358. The Labute approximate surface area is 180 Å². The zero-order valence-corrected chi connectivity index (χ0v) is 18.4. The fourth-order valence-electron chi connectivity index (χ4n) is 3.67. The highest BCUT2D eigenvalue weighted by Crippen LogP contribution is 2.27. The maximum Gasteiger partial charge on any atom is 0.227 e. The molecule has 0 saturated carbocycles. The second-order valence-electron chi connectivity index (χ2n) is 7.51. The van der Waals surface area contributed by atoms with Crippen LogP contribution in [0.2, 0.25) is 0 Å². The molecule has 1 amide bonds. The molecular formula is C22H26N4O3S. The molecule has 2 aromatic heterocycles. The Kier molecular flexibility index (Phi) is 6.15. The summed E-state index contributed by atoms with van der Waals surface area (Å²) in [5.41, 5.74) is 3.85. The molecule has 3 heterocycles. The summed E-state index contributed by atoms with van der Waals surface area (Å²) >= 11 is 1.65. The molecule has 7 nitrogen and oxygen atoms in total. The first kappa shape index (κ1) is 20.6. The SMILES string of the molecule is COc1cccc(-c2nc(CN3CCN(C(=O)Cc4c(C)noc4C)CC3)cs2)c1. The molecule has 1 aliphatic rings. The summed E-state index contributed by atoms with van der Waals surface area (Å²) in [6.45, 7) is 7.69. The highest BCUT2D eigenvalue weighted by molar-refractivity contribution is 7.13. The van der Waals surface area contributed by atoms with Gasteiger partial charge in [0.05, 0.1) is 24.9 Å². The lowest BCUT2D eigenvalue weighted by Crippen LogP contribution is -2.48. The van der Waals surface area contributed by atoms with Crippen molar-refractivity contribution < 1.29 is 14.1 Å². The van der Waals surface area contributed by atoms with Gasteiger partial charge in [-0.25, -0.2) is 4.98 Å². The number of aromatic nitrogens is 2. The van der Waals surface area contributed by atoms with Crippen LogP contribution < -0.4 is 4.74 Å². The summed E-state index contributed by atoms with van der Waals surface area (Å²) in [5, 5.41) is 7.05. The highest BCUT2D eigenvalue weighted by atomic mass is 32.1. The van der Waals surface area contributed by atoms with Crippen LogP contribution in [0.1, 0.15) is 22.7 Å². The van der Waals surface area contributed by atoms with E-state index in [1.165, 1.54) is 0 Å². The van der Waals surface area contributed by atoms with Gasteiger partial charge in [-0.05, 0) is 26.0 Å². The Morgan fingerprint density at radius 3 is 2.73 bits per heavy atom. The summed E-state index contributed by atoms with van der Waals surface area (Å²) in [6, 6.07) is 7.97. The Balaban J connectivity index is 1.31. The molecule has 1 aliphatic heterocycles. The van der Waals surface area contributed by atoms with Crippen LogP contribution in [0.4, 0.5) is 0 Å². The van der Waals surface area contributed by atoms with Crippen LogP contribution >= 0.6 is 11.3 Å². The number of carbonyl (C=O) groups excluding carboxylic acids is 1. The van der Waals surface area contributed by atoms with Crippen LogP contribution in [0.5, 0.6) is 5.75 Å². The van der Waals surface area contributed by atoms with Gasteiger partial charge in [-0.1, -0.05) is 17.3 Å². The molecule has 30 heavy (non-hydrogen) atoms. The first-order valence-corrected chi connectivity index (χ1v) is 10.9. The molecule has 0 aliphatic carbocycles. The largest absolute Gasteiger partial charge is 0.497 e. The number of ether oxygens (including phenoxy) is 1. The van der Waals surface area contributed by atoms with Gasteiger partial charge in [-0.2, -0.15) is 0 Å². The predicted octanol–water partition coefficient (Wildman–Crippen LogP) is 3.31. The van der Waals surface area contributed by atoms with Crippen LogP contribution in [-0.2, 0) is 17.8 Å². The Morgan fingerprint density at radius 1 is 1.23 bits per heavy atom. The summed E-state index contributed by atoms with van der Waals surface area (Å²) < 4.78 is 10.5. The van der Waals surface area contributed by atoms with E-state index >= 15 is 0 Å². The average molecular weight is 427 g/mol. The number of benzene rings is 1. The second kappa shape index (κ2) is 8.97. The Bertz CT molecular complexity index is 1000. The first-order valence-electron chi connectivity index (χ1n) is 10.0. The van der Waals surface area contributed by atoms with Crippen LogP contribution in [0.15, 0.2) is 34.2 Å². The van der Waals surface area contributed by atoms with Crippen molar-refractivity contribution in [3.05, 3.63) is 52.4 Å². The molecule has 1 aromatic carbocycles. The van der Waals surface area contributed by atoms with Gasteiger partial charge in [-0.3, -0.25) is 9.69 Å². The molecule has 0 bridgehead atoms. The summed E-state index contributed by atoms with van der Waals surface area (Å²) in [5.74, 6) is 1.70. The van der Waals surface area contributed by atoms with Gasteiger partial charge in [0.15, 0.2) is 0 Å². The van der Waals surface area contributed by atoms with Crippen molar-refractivity contribution in [3.8, 4) is 16.3 Å². The van der Waals surface area contributed by atoms with E-state index in [2.05, 4.69) is 21.5 Å². The van der Waals surface area contributed by atoms with Crippen molar-refractivity contribution in [1.29, 1.82) is 0 Å². The lowest BCUT2D eigenvalue weighted by molar-refractivity contribution is -0.132. The lowest BCUT2D eigenvalue weighted by atomic mass is 10.1. The third-order valence-corrected chi connectivity index (χ3v) is 6.43. The topological polar surface area (TPSA) is 71.7 Å². The average Bonchev–Trinajstić information content (AvgIpc) is 3.36.